The Morgan fingerprint density at radius 3 is 2.88 bits per heavy atom. The van der Waals surface area contributed by atoms with Crippen molar-refractivity contribution in [3.8, 4) is 5.88 Å². The molecule has 2 amide bonds. The first kappa shape index (κ1) is 17.2. The van der Waals surface area contributed by atoms with Crippen molar-refractivity contribution in [2.24, 2.45) is 5.10 Å². The number of ether oxygens (including phenoxy) is 1. The van der Waals surface area contributed by atoms with Gasteiger partial charge in [-0.3, -0.25) is 19.5 Å². The van der Waals surface area contributed by atoms with Gasteiger partial charge in [0, 0.05) is 17.4 Å². The molecule has 0 bridgehead atoms. The highest BCUT2D eigenvalue weighted by atomic mass is 35.5. The van der Waals surface area contributed by atoms with E-state index in [1.54, 1.807) is 24.3 Å². The number of nitrogens with zero attached hydrogens (tertiary/aromatic N) is 4. The van der Waals surface area contributed by atoms with E-state index in [0.717, 1.165) is 0 Å². The lowest BCUT2D eigenvalue weighted by molar-refractivity contribution is -0.123. The second-order valence-corrected chi connectivity index (χ2v) is 6.13. The minimum atomic E-state index is -0.478. The van der Waals surface area contributed by atoms with Crippen molar-refractivity contribution in [2.45, 2.75) is 0 Å². The summed E-state index contributed by atoms with van der Waals surface area (Å²) >= 11 is 7.09. The smallest absolute Gasteiger partial charge is 0.278 e. The maximum Gasteiger partial charge on any atom is 0.278 e. The van der Waals surface area contributed by atoms with Gasteiger partial charge < -0.3 is 4.74 Å². The van der Waals surface area contributed by atoms with E-state index in [0.29, 0.717) is 15.9 Å². The summed E-state index contributed by atoms with van der Waals surface area (Å²) in [6, 6.07) is 6.78. The Labute approximate surface area is 152 Å². The largest absolute Gasteiger partial charge is 0.466 e. The lowest BCUT2D eigenvalue weighted by Gasteiger charge is -2.15. The van der Waals surface area contributed by atoms with Gasteiger partial charge in [0.1, 0.15) is 0 Å². The molecule has 0 radical (unpaired) electrons. The van der Waals surface area contributed by atoms with E-state index in [1.807, 2.05) is 0 Å². The quantitative estimate of drug-likeness (QED) is 0.796. The van der Waals surface area contributed by atoms with Crippen molar-refractivity contribution in [3.05, 3.63) is 47.9 Å². The number of halogens is 1. The molecule has 8 nitrogen and oxygen atoms in total. The van der Waals surface area contributed by atoms with Crippen LogP contribution in [0, 0.1) is 0 Å². The summed E-state index contributed by atoms with van der Waals surface area (Å²) in [4.78, 5) is 33.0. The first-order chi connectivity index (χ1) is 12.1. The summed E-state index contributed by atoms with van der Waals surface area (Å²) in [7, 11) is 0. The van der Waals surface area contributed by atoms with E-state index in [2.05, 4.69) is 20.5 Å². The number of anilines is 1. The maximum absolute atomic E-state index is 12.1. The van der Waals surface area contributed by atoms with E-state index < -0.39 is 5.91 Å². The second kappa shape index (κ2) is 7.95. The van der Waals surface area contributed by atoms with Crippen LogP contribution >= 0.6 is 23.4 Å². The normalized spacial score (nSPS) is 15.5. The average molecular weight is 378 g/mol. The van der Waals surface area contributed by atoms with Gasteiger partial charge in [0.15, 0.2) is 11.8 Å². The number of hydrazone groups is 1. The topological polar surface area (TPSA) is 96.8 Å². The van der Waals surface area contributed by atoms with Crippen LogP contribution < -0.4 is 15.1 Å². The monoisotopic (exact) mass is 377 g/mol. The van der Waals surface area contributed by atoms with E-state index in [4.69, 9.17) is 16.3 Å². The number of carbonyl (C=O) groups excluding carboxylic acids is 2. The van der Waals surface area contributed by atoms with Crippen LogP contribution in [0.5, 0.6) is 5.88 Å². The molecule has 25 heavy (non-hydrogen) atoms. The van der Waals surface area contributed by atoms with Crippen LogP contribution in [0.15, 0.2) is 48.0 Å². The van der Waals surface area contributed by atoms with E-state index in [1.165, 1.54) is 35.3 Å². The molecule has 128 valence electrons. The predicted molar refractivity (Wildman–Crippen MR) is 94.5 cm³/mol. The third-order valence-electron chi connectivity index (χ3n) is 3.02. The van der Waals surface area contributed by atoms with Crippen molar-refractivity contribution < 1.29 is 14.3 Å². The number of carbonyl (C=O) groups is 2. The standard InChI is InChI=1S/C15H12ClN5O3S/c16-10-1-3-11(4-2-10)21-14(23)9-25-15(21)20-19-12(22)8-24-13-7-17-5-6-18-13/h1-7H,8-9H2,(H,19,22)/b20-15+. The summed E-state index contributed by atoms with van der Waals surface area (Å²) in [5.74, 6) is -0.128. The van der Waals surface area contributed by atoms with Gasteiger partial charge in [-0.2, -0.15) is 0 Å². The van der Waals surface area contributed by atoms with Gasteiger partial charge in [-0.25, -0.2) is 10.4 Å². The number of rotatable bonds is 5. The van der Waals surface area contributed by atoms with E-state index in [9.17, 15) is 9.59 Å². The predicted octanol–water partition coefficient (Wildman–Crippen LogP) is 1.68. The molecule has 1 fully saturated rings. The molecule has 1 aromatic heterocycles. The number of aromatic nitrogens is 2. The lowest BCUT2D eigenvalue weighted by atomic mass is 10.3. The van der Waals surface area contributed by atoms with Crippen LogP contribution in [0.2, 0.25) is 5.02 Å². The number of amidine groups is 1. The maximum atomic E-state index is 12.1. The molecule has 1 aromatic carbocycles. The Balaban J connectivity index is 1.62. The van der Waals surface area contributed by atoms with E-state index >= 15 is 0 Å². The van der Waals surface area contributed by atoms with Gasteiger partial charge in [-0.1, -0.05) is 23.4 Å². The highest BCUT2D eigenvalue weighted by Gasteiger charge is 2.30. The molecule has 1 saturated heterocycles. The minimum absolute atomic E-state index is 0.129. The second-order valence-electron chi connectivity index (χ2n) is 4.76. The summed E-state index contributed by atoms with van der Waals surface area (Å²) in [5.41, 5.74) is 2.99. The van der Waals surface area contributed by atoms with Crippen LogP contribution in [-0.4, -0.2) is 39.3 Å². The third-order valence-corrected chi connectivity index (χ3v) is 4.19. The highest BCUT2D eigenvalue weighted by molar-refractivity contribution is 8.15. The Morgan fingerprint density at radius 1 is 1.36 bits per heavy atom. The molecule has 2 heterocycles. The zero-order valence-electron chi connectivity index (χ0n) is 12.8. The molecule has 1 N–H and O–H groups in total. The average Bonchev–Trinajstić information content (AvgIpc) is 3.00. The van der Waals surface area contributed by atoms with Gasteiger partial charge in [-0.05, 0) is 24.3 Å². The molecule has 0 unspecified atom stereocenters. The summed E-state index contributed by atoms with van der Waals surface area (Å²) in [6.45, 7) is -0.269. The third kappa shape index (κ3) is 4.46. The van der Waals surface area contributed by atoms with Crippen molar-refractivity contribution in [3.63, 3.8) is 0 Å². The first-order valence-electron chi connectivity index (χ1n) is 7.10. The van der Waals surface area contributed by atoms with Crippen LogP contribution in [0.25, 0.3) is 0 Å². The Hall–Kier alpha value is -2.65. The molecule has 3 rings (SSSR count). The van der Waals surface area contributed by atoms with E-state index in [-0.39, 0.29) is 24.1 Å². The molecule has 2 aromatic rings. The molecule has 1 aliphatic heterocycles. The molecular weight excluding hydrogens is 366 g/mol. The fraction of sp³-hybridized carbons (Fsp3) is 0.133. The number of benzene rings is 1. The fourth-order valence-corrected chi connectivity index (χ4v) is 2.88. The summed E-state index contributed by atoms with van der Waals surface area (Å²) in [5, 5.41) is 4.94. The number of nitrogens with one attached hydrogen (secondary N) is 1. The Bertz CT molecular complexity index is 801. The highest BCUT2D eigenvalue weighted by Crippen LogP contribution is 2.27. The number of amides is 2. The number of thioether (sulfide) groups is 1. The molecule has 1 aliphatic rings. The van der Waals surface area contributed by atoms with Crippen molar-refractivity contribution in [2.75, 3.05) is 17.3 Å². The number of hydrogen-bond donors (Lipinski definition) is 1. The number of hydrogen-bond acceptors (Lipinski definition) is 7. The molecule has 0 spiro atoms. The van der Waals surface area contributed by atoms with Gasteiger partial charge in [0.05, 0.1) is 17.6 Å². The Kier molecular flexibility index (Phi) is 5.46. The Morgan fingerprint density at radius 2 is 2.16 bits per heavy atom. The molecule has 0 saturated carbocycles. The van der Waals surface area contributed by atoms with Gasteiger partial charge >= 0.3 is 0 Å². The van der Waals surface area contributed by atoms with Gasteiger partial charge in [0.25, 0.3) is 5.91 Å². The molecule has 0 atom stereocenters. The zero-order chi connectivity index (χ0) is 17.6. The lowest BCUT2D eigenvalue weighted by Crippen LogP contribution is -2.32. The SMILES string of the molecule is O=C(COc1cnccn1)N/N=C1/SCC(=O)N1c1ccc(Cl)cc1. The minimum Gasteiger partial charge on any atom is -0.466 e. The van der Waals surface area contributed by atoms with Crippen molar-refractivity contribution in [1.82, 2.24) is 15.4 Å². The molecular formula is C15H12ClN5O3S. The van der Waals surface area contributed by atoms with Crippen molar-refractivity contribution >= 4 is 46.0 Å². The van der Waals surface area contributed by atoms with Crippen molar-refractivity contribution in [1.29, 1.82) is 0 Å². The summed E-state index contributed by atoms with van der Waals surface area (Å²) in [6.07, 6.45) is 4.35. The zero-order valence-corrected chi connectivity index (χ0v) is 14.3. The first-order valence-corrected chi connectivity index (χ1v) is 8.46. The molecule has 10 heteroatoms. The van der Waals surface area contributed by atoms with Crippen LogP contribution in [0.3, 0.4) is 0 Å². The van der Waals surface area contributed by atoms with Gasteiger partial charge in [0.2, 0.25) is 11.8 Å². The fourth-order valence-electron chi connectivity index (χ4n) is 1.93. The van der Waals surface area contributed by atoms with Gasteiger partial charge in [-0.15, -0.1) is 5.10 Å². The molecule has 0 aliphatic carbocycles. The van der Waals surface area contributed by atoms with Crippen LogP contribution in [0.4, 0.5) is 5.69 Å². The van der Waals surface area contributed by atoms with Crippen LogP contribution in [-0.2, 0) is 9.59 Å². The summed E-state index contributed by atoms with van der Waals surface area (Å²) < 4.78 is 5.17. The van der Waals surface area contributed by atoms with Crippen LogP contribution in [0.1, 0.15) is 0 Å².